The van der Waals surface area contributed by atoms with Gasteiger partial charge in [-0.3, -0.25) is 4.79 Å². The fourth-order valence-electron chi connectivity index (χ4n) is 1.89. The summed E-state index contributed by atoms with van der Waals surface area (Å²) in [4.78, 5) is 16.1. The molecule has 1 amide bonds. The van der Waals surface area contributed by atoms with Crippen molar-refractivity contribution in [3.05, 3.63) is 47.7 Å². The predicted molar refractivity (Wildman–Crippen MR) is 89.4 cm³/mol. The van der Waals surface area contributed by atoms with E-state index in [9.17, 15) is 13.2 Å². The van der Waals surface area contributed by atoms with Crippen molar-refractivity contribution in [1.82, 2.24) is 10.3 Å². The molecule has 0 radical (unpaired) electrons. The molecule has 1 aromatic heterocycles. The molecular formula is C16H18N2O5S. The molecule has 24 heavy (non-hydrogen) atoms. The molecular weight excluding hydrogens is 332 g/mol. The SMILES string of the molecule is CCOc1ccccc1-c1ncc(C(=O)NC/C=C/S(C)(=O)=O)o1. The van der Waals surface area contributed by atoms with Gasteiger partial charge in [0.05, 0.1) is 18.4 Å². The van der Waals surface area contributed by atoms with Gasteiger partial charge in [-0.2, -0.15) is 0 Å². The lowest BCUT2D eigenvalue weighted by molar-refractivity contribution is 0.0931. The van der Waals surface area contributed by atoms with Gasteiger partial charge in [0.2, 0.25) is 11.7 Å². The van der Waals surface area contributed by atoms with Crippen LogP contribution in [0.15, 0.2) is 46.4 Å². The lowest BCUT2D eigenvalue weighted by Crippen LogP contribution is -2.22. The van der Waals surface area contributed by atoms with Gasteiger partial charge in [0.1, 0.15) is 5.75 Å². The number of ether oxygens (including phenoxy) is 1. The van der Waals surface area contributed by atoms with Gasteiger partial charge < -0.3 is 14.5 Å². The predicted octanol–water partition coefficient (Wildman–Crippen LogP) is 2.03. The van der Waals surface area contributed by atoms with Gasteiger partial charge in [-0.15, -0.1) is 0 Å². The Labute approximate surface area is 140 Å². The van der Waals surface area contributed by atoms with Crippen molar-refractivity contribution in [3.8, 4) is 17.2 Å². The van der Waals surface area contributed by atoms with E-state index in [0.29, 0.717) is 17.9 Å². The highest BCUT2D eigenvalue weighted by atomic mass is 32.2. The second kappa shape index (κ2) is 7.78. The first kappa shape index (κ1) is 17.7. The summed E-state index contributed by atoms with van der Waals surface area (Å²) >= 11 is 0. The second-order valence-electron chi connectivity index (χ2n) is 4.87. The molecule has 0 atom stereocenters. The van der Waals surface area contributed by atoms with Gasteiger partial charge >= 0.3 is 0 Å². The molecule has 0 saturated heterocycles. The van der Waals surface area contributed by atoms with Crippen molar-refractivity contribution in [2.45, 2.75) is 6.92 Å². The third-order valence-corrected chi connectivity index (χ3v) is 3.56. The van der Waals surface area contributed by atoms with Crippen molar-refractivity contribution in [2.75, 3.05) is 19.4 Å². The van der Waals surface area contributed by atoms with Crippen LogP contribution in [-0.4, -0.2) is 38.7 Å². The number of para-hydroxylation sites is 1. The van der Waals surface area contributed by atoms with Crippen molar-refractivity contribution in [3.63, 3.8) is 0 Å². The molecule has 0 aliphatic heterocycles. The Morgan fingerprint density at radius 2 is 2.12 bits per heavy atom. The van der Waals surface area contributed by atoms with Gasteiger partial charge in [0.25, 0.3) is 5.91 Å². The number of hydrogen-bond acceptors (Lipinski definition) is 6. The molecule has 8 heteroatoms. The van der Waals surface area contributed by atoms with E-state index < -0.39 is 15.7 Å². The van der Waals surface area contributed by atoms with E-state index >= 15 is 0 Å². The third-order valence-electron chi connectivity index (χ3n) is 2.87. The quantitative estimate of drug-likeness (QED) is 0.820. The van der Waals surface area contributed by atoms with Crippen LogP contribution in [0.4, 0.5) is 0 Å². The highest BCUT2D eigenvalue weighted by Crippen LogP contribution is 2.29. The summed E-state index contributed by atoms with van der Waals surface area (Å²) in [6.45, 7) is 2.43. The summed E-state index contributed by atoms with van der Waals surface area (Å²) in [5.74, 6) is 0.436. The first-order valence-electron chi connectivity index (χ1n) is 7.23. The zero-order valence-corrected chi connectivity index (χ0v) is 14.2. The maximum atomic E-state index is 12.0. The molecule has 2 aromatic rings. The van der Waals surface area contributed by atoms with E-state index in [1.807, 2.05) is 19.1 Å². The molecule has 1 N–H and O–H groups in total. The van der Waals surface area contributed by atoms with Crippen LogP contribution in [0.1, 0.15) is 17.5 Å². The maximum Gasteiger partial charge on any atom is 0.288 e. The average Bonchev–Trinajstić information content (AvgIpc) is 3.01. The number of oxazole rings is 1. The summed E-state index contributed by atoms with van der Waals surface area (Å²) in [5, 5.41) is 3.55. The lowest BCUT2D eigenvalue weighted by Gasteiger charge is -2.06. The zero-order chi connectivity index (χ0) is 17.6. The molecule has 128 valence electrons. The van der Waals surface area contributed by atoms with Gasteiger partial charge in [0, 0.05) is 18.2 Å². The number of sulfone groups is 1. The van der Waals surface area contributed by atoms with E-state index in [0.717, 1.165) is 11.7 Å². The molecule has 2 rings (SSSR count). The summed E-state index contributed by atoms with van der Waals surface area (Å²) < 4.78 is 32.9. The summed E-state index contributed by atoms with van der Waals surface area (Å²) in [6, 6.07) is 7.23. The molecule has 1 aromatic carbocycles. The summed E-state index contributed by atoms with van der Waals surface area (Å²) in [5.41, 5.74) is 0.648. The van der Waals surface area contributed by atoms with Crippen molar-refractivity contribution in [1.29, 1.82) is 0 Å². The largest absolute Gasteiger partial charge is 0.493 e. The second-order valence-corrected chi connectivity index (χ2v) is 6.80. The van der Waals surface area contributed by atoms with Crippen LogP contribution in [-0.2, 0) is 9.84 Å². The smallest absolute Gasteiger partial charge is 0.288 e. The minimum absolute atomic E-state index is 0.0315. The number of amides is 1. The normalized spacial score (nSPS) is 11.6. The topological polar surface area (TPSA) is 98.5 Å². The first-order valence-corrected chi connectivity index (χ1v) is 9.19. The number of aromatic nitrogens is 1. The molecule has 0 unspecified atom stereocenters. The number of carbonyl (C=O) groups is 1. The van der Waals surface area contributed by atoms with Crippen LogP contribution in [0.2, 0.25) is 0 Å². The van der Waals surface area contributed by atoms with E-state index in [4.69, 9.17) is 9.15 Å². The van der Waals surface area contributed by atoms with E-state index in [-0.39, 0.29) is 18.2 Å². The summed E-state index contributed by atoms with van der Waals surface area (Å²) in [6.07, 6.45) is 3.73. The standard InChI is InChI=1S/C16H18N2O5S/c1-3-22-13-8-5-4-7-12(13)16-18-11-14(23-16)15(19)17-9-6-10-24(2,20)21/h4-8,10-11H,3,9H2,1-2H3,(H,17,19)/b10-6+. The monoisotopic (exact) mass is 350 g/mol. The number of benzene rings is 1. The van der Waals surface area contributed by atoms with Crippen LogP contribution in [0.3, 0.4) is 0 Å². The van der Waals surface area contributed by atoms with Gasteiger partial charge in [-0.1, -0.05) is 18.2 Å². The number of hydrogen-bond donors (Lipinski definition) is 1. The summed E-state index contributed by atoms with van der Waals surface area (Å²) in [7, 11) is -3.21. The Kier molecular flexibility index (Phi) is 5.75. The number of nitrogens with one attached hydrogen (secondary N) is 1. The molecule has 0 aliphatic rings. The fourth-order valence-corrected chi connectivity index (χ4v) is 2.34. The Hall–Kier alpha value is -2.61. The highest BCUT2D eigenvalue weighted by Gasteiger charge is 2.15. The number of rotatable bonds is 7. The van der Waals surface area contributed by atoms with Crippen molar-refractivity contribution in [2.24, 2.45) is 0 Å². The van der Waals surface area contributed by atoms with Crippen molar-refractivity contribution < 1.29 is 22.4 Å². The lowest BCUT2D eigenvalue weighted by atomic mass is 10.2. The van der Waals surface area contributed by atoms with Gasteiger partial charge in [-0.25, -0.2) is 13.4 Å². The van der Waals surface area contributed by atoms with Crippen LogP contribution in [0, 0.1) is 0 Å². The molecule has 1 heterocycles. The number of carbonyl (C=O) groups excluding carboxylic acids is 1. The maximum absolute atomic E-state index is 12.0. The average molecular weight is 350 g/mol. The minimum Gasteiger partial charge on any atom is -0.493 e. The number of nitrogens with zero attached hydrogens (tertiary/aromatic N) is 1. The van der Waals surface area contributed by atoms with Crippen LogP contribution >= 0.6 is 0 Å². The Bertz CT molecular complexity index is 840. The Morgan fingerprint density at radius 1 is 1.38 bits per heavy atom. The Morgan fingerprint density at radius 3 is 2.83 bits per heavy atom. The fraction of sp³-hybridized carbons (Fsp3) is 0.250. The van der Waals surface area contributed by atoms with Gasteiger partial charge in [-0.05, 0) is 19.1 Å². The molecule has 0 spiro atoms. The molecule has 7 nitrogen and oxygen atoms in total. The van der Waals surface area contributed by atoms with Crippen LogP contribution in [0.5, 0.6) is 5.75 Å². The van der Waals surface area contributed by atoms with E-state index in [2.05, 4.69) is 10.3 Å². The molecule has 0 bridgehead atoms. The highest BCUT2D eigenvalue weighted by molar-refractivity contribution is 7.93. The van der Waals surface area contributed by atoms with Gasteiger partial charge in [0.15, 0.2) is 9.84 Å². The molecule has 0 aliphatic carbocycles. The third kappa shape index (κ3) is 4.95. The van der Waals surface area contributed by atoms with Crippen molar-refractivity contribution >= 4 is 15.7 Å². The first-order chi connectivity index (χ1) is 11.4. The zero-order valence-electron chi connectivity index (χ0n) is 13.4. The van der Waals surface area contributed by atoms with Crippen LogP contribution in [0.25, 0.3) is 11.5 Å². The van der Waals surface area contributed by atoms with Crippen LogP contribution < -0.4 is 10.1 Å². The molecule has 0 saturated carbocycles. The van der Waals surface area contributed by atoms with E-state index in [1.165, 1.54) is 12.3 Å². The van der Waals surface area contributed by atoms with E-state index in [1.54, 1.807) is 12.1 Å². The Balaban J connectivity index is 2.08. The minimum atomic E-state index is -3.21. The molecule has 0 fully saturated rings.